The van der Waals surface area contributed by atoms with Gasteiger partial charge in [-0.15, -0.1) is 0 Å². The highest BCUT2D eigenvalue weighted by Crippen LogP contribution is 2.55. The maximum atomic E-state index is 6.23. The van der Waals surface area contributed by atoms with Crippen molar-refractivity contribution in [1.82, 2.24) is 29.9 Å². The highest BCUT2D eigenvalue weighted by atomic mass is 16.5. The van der Waals surface area contributed by atoms with Gasteiger partial charge >= 0.3 is 0 Å². The first-order valence-electron chi connectivity index (χ1n) is 34.2. The van der Waals surface area contributed by atoms with Crippen LogP contribution in [0.5, 0.6) is 46.0 Å². The molecule has 0 atom stereocenters. The van der Waals surface area contributed by atoms with E-state index in [2.05, 4.69) is 165 Å². The van der Waals surface area contributed by atoms with Gasteiger partial charge in [0.25, 0.3) is 0 Å². The molecule has 104 heavy (non-hydrogen) atoms. The first kappa shape index (κ1) is 60.7. The zero-order chi connectivity index (χ0) is 68.9. The summed E-state index contributed by atoms with van der Waals surface area (Å²) in [4.78, 5) is 38.9. The lowest BCUT2D eigenvalue weighted by Crippen LogP contribution is -2.15. The Kier molecular flexibility index (Phi) is 15.2. The average Bonchev–Trinajstić information content (AvgIpc) is 0.776. The van der Waals surface area contributed by atoms with Gasteiger partial charge < -0.3 is 38.5 Å². The molecular formula is C90H58N10O4. The van der Waals surface area contributed by atoms with Crippen LogP contribution in [0.15, 0.2) is 352 Å². The minimum Gasteiger partial charge on any atom is -0.453 e. The Balaban J connectivity index is 0.000000143. The second-order valence-corrected chi connectivity index (χ2v) is 25.0. The molecule has 492 valence electrons. The first-order chi connectivity index (χ1) is 51.5. The summed E-state index contributed by atoms with van der Waals surface area (Å²) in [5, 5.41) is 0. The van der Waals surface area contributed by atoms with Crippen molar-refractivity contribution >= 4 is 68.2 Å². The fourth-order valence-corrected chi connectivity index (χ4v) is 13.7. The van der Waals surface area contributed by atoms with Crippen LogP contribution in [0.4, 0.5) is 68.2 Å². The maximum absolute atomic E-state index is 6.23. The molecule has 0 saturated heterocycles. The molecule has 14 aromatic carbocycles. The third kappa shape index (κ3) is 11.2. The van der Waals surface area contributed by atoms with E-state index in [-0.39, 0.29) is 0 Å². The Morgan fingerprint density at radius 1 is 0.144 bits per heavy atom. The average molecular weight is 1340 g/mol. The molecule has 0 saturated carbocycles. The van der Waals surface area contributed by atoms with Gasteiger partial charge in [0.2, 0.25) is 0 Å². The van der Waals surface area contributed by atoms with E-state index in [1.165, 1.54) is 0 Å². The summed E-state index contributed by atoms with van der Waals surface area (Å²) >= 11 is 0. The van der Waals surface area contributed by atoms with E-state index < -0.39 is 0 Å². The molecule has 0 bridgehead atoms. The fraction of sp³-hybridized carbons (Fsp3) is 0. The number of anilines is 12. The van der Waals surface area contributed by atoms with Crippen molar-refractivity contribution in [2.45, 2.75) is 0 Å². The Morgan fingerprint density at radius 2 is 0.288 bits per heavy atom. The molecule has 0 fully saturated rings. The maximum Gasteiger partial charge on any atom is 0.164 e. The Morgan fingerprint density at radius 3 is 0.462 bits per heavy atom. The molecule has 0 spiro atoms. The van der Waals surface area contributed by atoms with Crippen LogP contribution < -0.4 is 38.5 Å². The van der Waals surface area contributed by atoms with E-state index in [4.69, 9.17) is 48.9 Å². The van der Waals surface area contributed by atoms with E-state index in [1.807, 2.05) is 206 Å². The molecule has 2 aromatic heterocycles. The molecule has 14 heteroatoms. The normalized spacial score (nSPS) is 12.5. The lowest BCUT2D eigenvalue weighted by Gasteiger charge is -2.32. The number of hydrogen-bond donors (Lipinski definition) is 0. The summed E-state index contributed by atoms with van der Waals surface area (Å²) in [5.74, 6) is 10.1. The van der Waals surface area contributed by atoms with Crippen molar-refractivity contribution in [3.63, 3.8) is 0 Å². The lowest BCUT2D eigenvalue weighted by atomic mass is 10.1. The third-order valence-corrected chi connectivity index (χ3v) is 18.6. The summed E-state index contributed by atoms with van der Waals surface area (Å²) in [6, 6.07) is 118. The van der Waals surface area contributed by atoms with Crippen LogP contribution in [0.2, 0.25) is 0 Å². The quantitative estimate of drug-likeness (QED) is 0.129. The topological polar surface area (TPSA) is 127 Å². The van der Waals surface area contributed by atoms with Gasteiger partial charge in [-0.1, -0.05) is 158 Å². The van der Waals surface area contributed by atoms with Crippen LogP contribution in [-0.4, -0.2) is 29.9 Å². The van der Waals surface area contributed by atoms with E-state index >= 15 is 0 Å². The van der Waals surface area contributed by atoms with Crippen LogP contribution in [0.3, 0.4) is 0 Å². The zero-order valence-electron chi connectivity index (χ0n) is 55.6. The van der Waals surface area contributed by atoms with Crippen LogP contribution in [0.1, 0.15) is 0 Å². The van der Waals surface area contributed by atoms with Crippen molar-refractivity contribution in [3.8, 4) is 114 Å². The smallest absolute Gasteiger partial charge is 0.164 e. The highest BCUT2D eigenvalue weighted by Gasteiger charge is 2.31. The molecule has 20 rings (SSSR count). The number of fused-ring (bicyclic) bond motifs is 8. The van der Waals surface area contributed by atoms with Crippen molar-refractivity contribution in [1.29, 1.82) is 0 Å². The van der Waals surface area contributed by atoms with Crippen LogP contribution >= 0.6 is 0 Å². The van der Waals surface area contributed by atoms with Crippen molar-refractivity contribution in [2.24, 2.45) is 0 Å². The van der Waals surface area contributed by atoms with Gasteiger partial charge in [0.15, 0.2) is 80.9 Å². The number of nitrogens with zero attached hydrogens (tertiary/aromatic N) is 10. The van der Waals surface area contributed by atoms with E-state index in [0.29, 0.717) is 34.9 Å². The number of benzene rings is 14. The highest BCUT2D eigenvalue weighted by molar-refractivity contribution is 5.91. The van der Waals surface area contributed by atoms with Crippen LogP contribution in [0.25, 0.3) is 68.3 Å². The standard InChI is InChI=1S/2C45H29N5O2/c2*1-2-12-30(13-3-1)43-46-44(31-22-26-33(27-23-31)49-35-14-4-8-18-39(35)51-40-19-9-5-15-36(40)49)48-45(47-43)32-24-28-34(29-25-32)50-37-16-6-10-20-41(37)52-42-21-11-7-17-38(42)50/h2*1-29H. The Hall–Kier alpha value is -14.5. The number of hydrogen-bond acceptors (Lipinski definition) is 14. The van der Waals surface area contributed by atoms with Crippen molar-refractivity contribution in [2.75, 3.05) is 19.6 Å². The molecule has 0 amide bonds. The van der Waals surface area contributed by atoms with Crippen molar-refractivity contribution < 1.29 is 18.9 Å². The summed E-state index contributed by atoms with van der Waals surface area (Å²) in [7, 11) is 0. The summed E-state index contributed by atoms with van der Waals surface area (Å²) in [6.07, 6.45) is 0. The van der Waals surface area contributed by atoms with Gasteiger partial charge in [-0.05, 0) is 194 Å². The number of aromatic nitrogens is 6. The fourth-order valence-electron chi connectivity index (χ4n) is 13.7. The molecule has 6 heterocycles. The van der Waals surface area contributed by atoms with Gasteiger partial charge in [0, 0.05) is 56.1 Å². The zero-order valence-corrected chi connectivity index (χ0v) is 55.6. The van der Waals surface area contributed by atoms with Gasteiger partial charge in [-0.25, -0.2) is 29.9 Å². The summed E-state index contributed by atoms with van der Waals surface area (Å²) < 4.78 is 24.9. The number of para-hydroxylation sites is 16. The first-order valence-corrected chi connectivity index (χ1v) is 34.2. The lowest BCUT2D eigenvalue weighted by molar-refractivity contribution is 0.477. The van der Waals surface area contributed by atoms with Gasteiger partial charge in [0.05, 0.1) is 45.5 Å². The molecule has 0 aliphatic carbocycles. The SMILES string of the molecule is c1ccc(-c2nc(-c3ccc(N4c5ccccc5Oc5ccccc54)cc3)nc(-c3ccc(N4c5ccccc5Oc5ccccc54)cc3)n2)cc1.c1ccc(-c2nc(-c3ccc(N4c5ccccc5Oc5ccccc54)cc3)nc(-c3ccc(N4c5ccccc5Oc5ccccc54)cc3)n2)cc1. The molecule has 0 unspecified atom stereocenters. The molecule has 0 radical (unpaired) electrons. The van der Waals surface area contributed by atoms with E-state index in [9.17, 15) is 0 Å². The minimum atomic E-state index is 0.596. The number of ether oxygens (including phenoxy) is 4. The number of rotatable bonds is 10. The summed E-state index contributed by atoms with van der Waals surface area (Å²) in [6.45, 7) is 0. The third-order valence-electron chi connectivity index (χ3n) is 18.6. The summed E-state index contributed by atoms with van der Waals surface area (Å²) in [5.41, 5.74) is 17.3. The van der Waals surface area contributed by atoms with E-state index in [1.54, 1.807) is 0 Å². The van der Waals surface area contributed by atoms with E-state index in [0.717, 1.165) is 148 Å². The second-order valence-electron chi connectivity index (χ2n) is 25.0. The van der Waals surface area contributed by atoms with Crippen LogP contribution in [-0.2, 0) is 0 Å². The molecule has 14 nitrogen and oxygen atoms in total. The van der Waals surface area contributed by atoms with Crippen molar-refractivity contribution in [3.05, 3.63) is 352 Å². The molecule has 16 aromatic rings. The largest absolute Gasteiger partial charge is 0.453 e. The Bertz CT molecular complexity index is 5050. The molecule has 0 N–H and O–H groups in total. The predicted octanol–water partition coefficient (Wildman–Crippen LogP) is 24.0. The Labute approximate surface area is 599 Å². The van der Waals surface area contributed by atoms with Gasteiger partial charge in [0.1, 0.15) is 0 Å². The monoisotopic (exact) mass is 1340 g/mol. The van der Waals surface area contributed by atoms with Gasteiger partial charge in [-0.2, -0.15) is 0 Å². The van der Waals surface area contributed by atoms with Crippen LogP contribution in [0, 0.1) is 0 Å². The minimum absolute atomic E-state index is 0.596. The second kappa shape index (κ2) is 26.0. The molecular weight excluding hydrogens is 1290 g/mol. The molecule has 4 aliphatic rings. The molecule has 4 aliphatic heterocycles. The predicted molar refractivity (Wildman–Crippen MR) is 411 cm³/mol. The van der Waals surface area contributed by atoms with Gasteiger partial charge in [-0.3, -0.25) is 0 Å².